The molecule has 5 heteroatoms. The van der Waals surface area contributed by atoms with Gasteiger partial charge in [-0.25, -0.2) is 0 Å². The largest absolute Gasteiger partial charge is 0.355 e. The molecule has 0 amide bonds. The van der Waals surface area contributed by atoms with Crippen LogP contribution in [0.25, 0.3) is 22.2 Å². The van der Waals surface area contributed by atoms with Crippen molar-refractivity contribution in [1.82, 2.24) is 5.16 Å². The molecule has 26 heavy (non-hydrogen) atoms. The van der Waals surface area contributed by atoms with Gasteiger partial charge in [-0.15, -0.1) is 0 Å². The third-order valence-electron chi connectivity index (χ3n) is 4.65. The van der Waals surface area contributed by atoms with Crippen molar-refractivity contribution in [3.63, 3.8) is 0 Å². The van der Waals surface area contributed by atoms with E-state index in [0.717, 1.165) is 37.0 Å². The standard InChI is InChI=1S/C21H13IN2O2/c1-11-5-4-6-12(9-11)23-16-10-15(22)19-18-17(16)20(25)13-7-2-3-8-14(13)21(18)26-24-19/h2-10,23H,1H3. The Bertz CT molecular complexity index is 1210. The van der Waals surface area contributed by atoms with Crippen molar-refractivity contribution in [3.05, 3.63) is 74.9 Å². The predicted octanol–water partition coefficient (Wildman–Crippen LogP) is 5.70. The second-order valence-corrected chi connectivity index (χ2v) is 7.55. The highest BCUT2D eigenvalue weighted by molar-refractivity contribution is 14.1. The molecule has 0 fully saturated rings. The molecule has 0 aliphatic heterocycles. The second kappa shape index (κ2) is 5.67. The van der Waals surface area contributed by atoms with Crippen molar-refractivity contribution in [2.45, 2.75) is 6.92 Å². The third-order valence-corrected chi connectivity index (χ3v) is 5.47. The number of rotatable bonds is 2. The Hall–Kier alpha value is -2.67. The number of nitrogens with one attached hydrogen (secondary N) is 1. The molecule has 1 aliphatic rings. The van der Waals surface area contributed by atoms with Gasteiger partial charge in [-0.1, -0.05) is 41.6 Å². The van der Waals surface area contributed by atoms with Crippen LogP contribution in [0.4, 0.5) is 11.4 Å². The molecule has 1 aliphatic carbocycles. The number of halogens is 1. The van der Waals surface area contributed by atoms with Crippen LogP contribution in [0.5, 0.6) is 0 Å². The van der Waals surface area contributed by atoms with Gasteiger partial charge >= 0.3 is 0 Å². The van der Waals surface area contributed by atoms with Crippen LogP contribution in [0.1, 0.15) is 21.5 Å². The van der Waals surface area contributed by atoms with E-state index in [2.05, 4.69) is 39.1 Å². The average Bonchev–Trinajstić information content (AvgIpc) is 3.07. The zero-order valence-corrected chi connectivity index (χ0v) is 16.0. The SMILES string of the molecule is Cc1cccc(Nc2cc(I)c3noc4c3c2C(=O)c2ccccc2-4)c1. The van der Waals surface area contributed by atoms with Gasteiger partial charge in [0.25, 0.3) is 0 Å². The van der Waals surface area contributed by atoms with Gasteiger partial charge in [-0.05, 0) is 53.3 Å². The normalized spacial score (nSPS) is 12.3. The minimum absolute atomic E-state index is 0.00662. The Balaban J connectivity index is 1.80. The number of nitrogens with zero attached hydrogens (tertiary/aromatic N) is 1. The molecular formula is C21H13IN2O2. The summed E-state index contributed by atoms with van der Waals surface area (Å²) in [7, 11) is 0. The molecule has 1 heterocycles. The van der Waals surface area contributed by atoms with E-state index in [4.69, 9.17) is 4.52 Å². The molecule has 5 rings (SSSR count). The van der Waals surface area contributed by atoms with E-state index in [1.807, 2.05) is 55.5 Å². The van der Waals surface area contributed by atoms with Gasteiger partial charge in [-0.2, -0.15) is 0 Å². The van der Waals surface area contributed by atoms with E-state index in [0.29, 0.717) is 16.9 Å². The number of fused-ring (bicyclic) bond motifs is 2. The second-order valence-electron chi connectivity index (χ2n) is 6.39. The van der Waals surface area contributed by atoms with Gasteiger partial charge in [0.15, 0.2) is 11.5 Å². The summed E-state index contributed by atoms with van der Waals surface area (Å²) in [6, 6.07) is 17.6. The number of anilines is 2. The summed E-state index contributed by atoms with van der Waals surface area (Å²) in [5, 5.41) is 8.42. The van der Waals surface area contributed by atoms with Crippen molar-refractivity contribution in [2.75, 3.05) is 5.32 Å². The number of hydrogen-bond acceptors (Lipinski definition) is 4. The van der Waals surface area contributed by atoms with E-state index in [1.165, 1.54) is 0 Å². The highest BCUT2D eigenvalue weighted by Gasteiger charge is 2.32. The van der Waals surface area contributed by atoms with Crippen LogP contribution in [0.2, 0.25) is 0 Å². The topological polar surface area (TPSA) is 55.1 Å². The van der Waals surface area contributed by atoms with Gasteiger partial charge in [0.1, 0.15) is 5.52 Å². The van der Waals surface area contributed by atoms with Crippen molar-refractivity contribution in [1.29, 1.82) is 0 Å². The van der Waals surface area contributed by atoms with Crippen LogP contribution in [0, 0.1) is 10.5 Å². The lowest BCUT2D eigenvalue weighted by Gasteiger charge is -2.18. The molecule has 1 aromatic heterocycles. The van der Waals surface area contributed by atoms with Crippen LogP contribution >= 0.6 is 22.6 Å². The molecule has 0 saturated heterocycles. The smallest absolute Gasteiger partial charge is 0.196 e. The van der Waals surface area contributed by atoms with Crippen molar-refractivity contribution in [2.24, 2.45) is 0 Å². The van der Waals surface area contributed by atoms with Crippen LogP contribution in [0.3, 0.4) is 0 Å². The van der Waals surface area contributed by atoms with Crippen LogP contribution in [-0.4, -0.2) is 10.9 Å². The van der Waals surface area contributed by atoms with Crippen molar-refractivity contribution in [3.8, 4) is 11.3 Å². The Kier molecular flexibility index (Phi) is 3.40. The lowest BCUT2D eigenvalue weighted by atomic mass is 9.87. The molecule has 0 unspecified atom stereocenters. The number of carbonyl (C=O) groups is 1. The van der Waals surface area contributed by atoms with Crippen molar-refractivity contribution < 1.29 is 9.32 Å². The number of ketones is 1. The molecular weight excluding hydrogens is 439 g/mol. The first-order chi connectivity index (χ1) is 12.6. The Morgan fingerprint density at radius 2 is 1.85 bits per heavy atom. The van der Waals surface area contributed by atoms with Gasteiger partial charge < -0.3 is 9.84 Å². The predicted molar refractivity (Wildman–Crippen MR) is 110 cm³/mol. The van der Waals surface area contributed by atoms with Gasteiger partial charge in [0.2, 0.25) is 0 Å². The molecule has 3 aromatic carbocycles. The first-order valence-corrected chi connectivity index (χ1v) is 9.31. The van der Waals surface area contributed by atoms with E-state index >= 15 is 0 Å². The fourth-order valence-electron chi connectivity index (χ4n) is 3.50. The lowest BCUT2D eigenvalue weighted by Crippen LogP contribution is -2.12. The van der Waals surface area contributed by atoms with Gasteiger partial charge in [-0.3, -0.25) is 4.79 Å². The molecule has 0 bridgehead atoms. The minimum Gasteiger partial charge on any atom is -0.355 e. The van der Waals surface area contributed by atoms with Gasteiger partial charge in [0, 0.05) is 20.4 Å². The van der Waals surface area contributed by atoms with E-state index < -0.39 is 0 Å². The zero-order valence-electron chi connectivity index (χ0n) is 13.8. The maximum Gasteiger partial charge on any atom is 0.196 e. The maximum atomic E-state index is 13.3. The molecule has 0 atom stereocenters. The summed E-state index contributed by atoms with van der Waals surface area (Å²) in [6.45, 7) is 2.04. The Morgan fingerprint density at radius 1 is 1.04 bits per heavy atom. The summed E-state index contributed by atoms with van der Waals surface area (Å²) in [4.78, 5) is 13.3. The average molecular weight is 452 g/mol. The zero-order chi connectivity index (χ0) is 17.8. The molecule has 0 saturated carbocycles. The summed E-state index contributed by atoms with van der Waals surface area (Å²) >= 11 is 2.24. The number of carbonyl (C=O) groups excluding carboxylic acids is 1. The first kappa shape index (κ1) is 15.6. The summed E-state index contributed by atoms with van der Waals surface area (Å²) < 4.78 is 6.58. The van der Waals surface area contributed by atoms with Crippen LogP contribution in [-0.2, 0) is 0 Å². The monoisotopic (exact) mass is 452 g/mol. The highest BCUT2D eigenvalue weighted by Crippen LogP contribution is 2.44. The lowest BCUT2D eigenvalue weighted by molar-refractivity contribution is 0.104. The van der Waals surface area contributed by atoms with Crippen LogP contribution < -0.4 is 5.32 Å². The fraction of sp³-hybridized carbons (Fsp3) is 0.0476. The van der Waals surface area contributed by atoms with E-state index in [-0.39, 0.29) is 5.78 Å². The summed E-state index contributed by atoms with van der Waals surface area (Å²) in [5.74, 6) is 0.656. The summed E-state index contributed by atoms with van der Waals surface area (Å²) in [6.07, 6.45) is 0. The highest BCUT2D eigenvalue weighted by atomic mass is 127. The maximum absolute atomic E-state index is 13.3. The quantitative estimate of drug-likeness (QED) is 0.350. The molecule has 4 nitrogen and oxygen atoms in total. The Morgan fingerprint density at radius 3 is 2.65 bits per heavy atom. The molecule has 4 aromatic rings. The third kappa shape index (κ3) is 2.20. The fourth-order valence-corrected chi connectivity index (χ4v) is 4.18. The molecule has 0 spiro atoms. The van der Waals surface area contributed by atoms with Crippen LogP contribution in [0.15, 0.2) is 59.1 Å². The first-order valence-electron chi connectivity index (χ1n) is 8.23. The number of benzene rings is 3. The van der Waals surface area contributed by atoms with E-state index in [9.17, 15) is 4.79 Å². The number of hydrogen-bond donors (Lipinski definition) is 1. The molecule has 1 N–H and O–H groups in total. The molecule has 0 radical (unpaired) electrons. The summed E-state index contributed by atoms with van der Waals surface area (Å²) in [5.41, 5.74) is 5.67. The minimum atomic E-state index is -0.00662. The molecule has 126 valence electrons. The van der Waals surface area contributed by atoms with Crippen molar-refractivity contribution >= 4 is 50.7 Å². The van der Waals surface area contributed by atoms with Gasteiger partial charge in [0.05, 0.1) is 16.6 Å². The number of aryl methyl sites for hydroxylation is 1. The van der Waals surface area contributed by atoms with E-state index in [1.54, 1.807) is 0 Å². The number of aromatic nitrogens is 1. The Labute approximate surface area is 163 Å².